The summed E-state index contributed by atoms with van der Waals surface area (Å²) in [5.41, 5.74) is 2.04. The molecule has 0 N–H and O–H groups in total. The van der Waals surface area contributed by atoms with E-state index < -0.39 is 0 Å². The number of carbonyl (C=O) groups excluding carboxylic acids is 1. The molecule has 0 saturated heterocycles. The van der Waals surface area contributed by atoms with E-state index >= 15 is 0 Å². The van der Waals surface area contributed by atoms with Crippen molar-refractivity contribution in [3.05, 3.63) is 51.4 Å². The van der Waals surface area contributed by atoms with Crippen LogP contribution in [0.5, 0.6) is 0 Å². The van der Waals surface area contributed by atoms with Gasteiger partial charge in [-0.05, 0) is 48.4 Å². The van der Waals surface area contributed by atoms with Gasteiger partial charge in [0.05, 0.1) is 22.5 Å². The number of amides is 1. The number of hydrogen-bond donors (Lipinski definition) is 0. The fourth-order valence-electron chi connectivity index (χ4n) is 4.18. The SMILES string of the molecule is CC(C)CN(Cc1nc2ccc(Cl)cc2n1C1CCCC1)C(=O)c1cccs1. The van der Waals surface area contributed by atoms with Crippen molar-refractivity contribution < 1.29 is 4.79 Å². The fraction of sp³-hybridized carbons (Fsp3) is 0.455. The van der Waals surface area contributed by atoms with Crippen LogP contribution >= 0.6 is 22.9 Å². The molecule has 28 heavy (non-hydrogen) atoms. The van der Waals surface area contributed by atoms with E-state index in [9.17, 15) is 4.79 Å². The number of benzene rings is 1. The van der Waals surface area contributed by atoms with Gasteiger partial charge in [0.25, 0.3) is 5.91 Å². The molecule has 4 nitrogen and oxygen atoms in total. The van der Waals surface area contributed by atoms with Gasteiger partial charge >= 0.3 is 0 Å². The fourth-order valence-corrected chi connectivity index (χ4v) is 5.04. The molecule has 1 amide bonds. The summed E-state index contributed by atoms with van der Waals surface area (Å²) in [5.74, 6) is 1.45. The highest BCUT2D eigenvalue weighted by Gasteiger charge is 2.26. The van der Waals surface area contributed by atoms with Gasteiger partial charge in [0.1, 0.15) is 5.82 Å². The number of fused-ring (bicyclic) bond motifs is 1. The molecule has 0 bridgehead atoms. The van der Waals surface area contributed by atoms with E-state index in [-0.39, 0.29) is 5.91 Å². The highest BCUT2D eigenvalue weighted by Crippen LogP contribution is 2.35. The van der Waals surface area contributed by atoms with Crippen LogP contribution in [0.2, 0.25) is 5.02 Å². The van der Waals surface area contributed by atoms with Crippen molar-refractivity contribution in [2.75, 3.05) is 6.54 Å². The summed E-state index contributed by atoms with van der Waals surface area (Å²) in [4.78, 5) is 20.8. The van der Waals surface area contributed by atoms with Crippen molar-refractivity contribution in [1.82, 2.24) is 14.5 Å². The van der Waals surface area contributed by atoms with Gasteiger partial charge in [0.15, 0.2) is 0 Å². The van der Waals surface area contributed by atoms with Gasteiger partial charge < -0.3 is 9.47 Å². The van der Waals surface area contributed by atoms with Crippen molar-refractivity contribution in [3.8, 4) is 0 Å². The number of imidazole rings is 1. The van der Waals surface area contributed by atoms with Gasteiger partial charge in [-0.15, -0.1) is 11.3 Å². The lowest BCUT2D eigenvalue weighted by Gasteiger charge is -2.25. The van der Waals surface area contributed by atoms with Crippen LogP contribution in [0.1, 0.15) is 61.1 Å². The quantitative estimate of drug-likeness (QED) is 0.483. The monoisotopic (exact) mass is 415 g/mol. The van der Waals surface area contributed by atoms with E-state index in [0.29, 0.717) is 25.0 Å². The van der Waals surface area contributed by atoms with Gasteiger partial charge in [0.2, 0.25) is 0 Å². The Bertz CT molecular complexity index is 958. The van der Waals surface area contributed by atoms with E-state index in [1.165, 1.54) is 24.2 Å². The first-order chi connectivity index (χ1) is 13.5. The first-order valence-electron chi connectivity index (χ1n) is 10.0. The second-order valence-electron chi connectivity index (χ2n) is 8.03. The Kier molecular flexibility index (Phi) is 5.74. The summed E-state index contributed by atoms with van der Waals surface area (Å²) in [6.07, 6.45) is 4.81. The maximum Gasteiger partial charge on any atom is 0.264 e. The van der Waals surface area contributed by atoms with Gasteiger partial charge in [-0.3, -0.25) is 4.79 Å². The predicted octanol–water partition coefficient (Wildman–Crippen LogP) is 6.16. The molecule has 148 valence electrons. The molecule has 0 spiro atoms. The summed E-state index contributed by atoms with van der Waals surface area (Å²) >= 11 is 7.79. The van der Waals surface area contributed by atoms with Crippen molar-refractivity contribution >= 4 is 39.9 Å². The van der Waals surface area contributed by atoms with Crippen molar-refractivity contribution in [3.63, 3.8) is 0 Å². The molecule has 2 aromatic heterocycles. The van der Waals surface area contributed by atoms with E-state index in [1.807, 2.05) is 40.6 Å². The van der Waals surface area contributed by atoms with Gasteiger partial charge in [-0.2, -0.15) is 0 Å². The van der Waals surface area contributed by atoms with Gasteiger partial charge in [-0.1, -0.05) is 44.4 Å². The third-order valence-corrected chi connectivity index (χ3v) is 6.44. The molecular formula is C22H26ClN3OS. The molecule has 0 aliphatic heterocycles. The number of nitrogens with zero attached hydrogens (tertiary/aromatic N) is 3. The molecule has 1 saturated carbocycles. The molecule has 6 heteroatoms. The van der Waals surface area contributed by atoms with Gasteiger partial charge in [0, 0.05) is 17.6 Å². The smallest absolute Gasteiger partial charge is 0.264 e. The minimum atomic E-state index is 0.0896. The number of hydrogen-bond acceptors (Lipinski definition) is 3. The largest absolute Gasteiger partial charge is 0.330 e. The Balaban J connectivity index is 1.73. The van der Waals surface area contributed by atoms with Crippen molar-refractivity contribution in [2.24, 2.45) is 5.92 Å². The minimum Gasteiger partial charge on any atom is -0.330 e. The molecule has 0 radical (unpaired) electrons. The average Bonchev–Trinajstić information content (AvgIpc) is 3.40. The van der Waals surface area contributed by atoms with Gasteiger partial charge in [-0.25, -0.2) is 4.98 Å². The molecule has 1 fully saturated rings. The zero-order valence-electron chi connectivity index (χ0n) is 16.4. The van der Waals surface area contributed by atoms with E-state index in [0.717, 1.165) is 39.6 Å². The average molecular weight is 416 g/mol. The summed E-state index contributed by atoms with van der Waals surface area (Å²) in [6, 6.07) is 10.2. The minimum absolute atomic E-state index is 0.0896. The molecular weight excluding hydrogens is 390 g/mol. The number of carbonyl (C=O) groups is 1. The molecule has 0 atom stereocenters. The van der Waals surface area contributed by atoms with E-state index in [1.54, 1.807) is 0 Å². The van der Waals surface area contributed by atoms with E-state index in [4.69, 9.17) is 16.6 Å². The Hall–Kier alpha value is -1.85. The molecule has 1 aliphatic carbocycles. The number of rotatable bonds is 6. The predicted molar refractivity (Wildman–Crippen MR) is 116 cm³/mol. The maximum atomic E-state index is 13.1. The second-order valence-corrected chi connectivity index (χ2v) is 9.41. The summed E-state index contributed by atoms with van der Waals surface area (Å²) < 4.78 is 2.35. The van der Waals surface area contributed by atoms with E-state index in [2.05, 4.69) is 18.4 Å². The topological polar surface area (TPSA) is 38.1 Å². The Morgan fingerprint density at radius 2 is 2.11 bits per heavy atom. The molecule has 0 unspecified atom stereocenters. The van der Waals surface area contributed by atoms with Crippen LogP contribution in [0.15, 0.2) is 35.7 Å². The molecule has 3 aromatic rings. The molecule has 1 aliphatic rings. The number of thiophene rings is 1. The van der Waals surface area contributed by atoms with Crippen molar-refractivity contribution in [1.29, 1.82) is 0 Å². The standard InChI is InChI=1S/C22H26ClN3OS/c1-15(2)13-25(22(27)20-8-5-11-28-20)14-21-24-18-10-9-16(23)12-19(18)26(21)17-6-3-4-7-17/h5,8-12,15,17H,3-4,6-7,13-14H2,1-2H3. The lowest BCUT2D eigenvalue weighted by Crippen LogP contribution is -2.34. The maximum absolute atomic E-state index is 13.1. The first-order valence-corrected chi connectivity index (χ1v) is 11.3. The number of halogens is 1. The van der Waals surface area contributed by atoms with Crippen LogP contribution < -0.4 is 0 Å². The van der Waals surface area contributed by atoms with Crippen molar-refractivity contribution in [2.45, 2.75) is 52.1 Å². The summed E-state index contributed by atoms with van der Waals surface area (Å²) in [6.45, 7) is 5.53. The highest BCUT2D eigenvalue weighted by molar-refractivity contribution is 7.12. The zero-order valence-corrected chi connectivity index (χ0v) is 18.0. The Morgan fingerprint density at radius 3 is 2.79 bits per heavy atom. The molecule has 4 rings (SSSR count). The highest BCUT2D eigenvalue weighted by atomic mass is 35.5. The second kappa shape index (κ2) is 8.26. The first kappa shape index (κ1) is 19.5. The normalized spacial score (nSPS) is 15.0. The Morgan fingerprint density at radius 1 is 1.32 bits per heavy atom. The lowest BCUT2D eigenvalue weighted by atomic mass is 10.2. The lowest BCUT2D eigenvalue weighted by molar-refractivity contribution is 0.0720. The number of aromatic nitrogens is 2. The summed E-state index contributed by atoms with van der Waals surface area (Å²) in [5, 5.41) is 2.68. The third-order valence-electron chi connectivity index (χ3n) is 5.35. The zero-order chi connectivity index (χ0) is 19.7. The Labute approximate surface area is 175 Å². The van der Waals surface area contributed by atoms with Crippen LogP contribution in [0.4, 0.5) is 0 Å². The van der Waals surface area contributed by atoms with Crippen LogP contribution in [0.25, 0.3) is 11.0 Å². The molecule has 1 aromatic carbocycles. The van der Waals surface area contributed by atoms with Crippen LogP contribution in [0, 0.1) is 5.92 Å². The van der Waals surface area contributed by atoms with Crippen LogP contribution in [-0.2, 0) is 6.54 Å². The van der Waals surface area contributed by atoms with Crippen LogP contribution in [-0.4, -0.2) is 26.9 Å². The molecule has 2 heterocycles. The third kappa shape index (κ3) is 3.96. The van der Waals surface area contributed by atoms with Crippen LogP contribution in [0.3, 0.4) is 0 Å². The summed E-state index contributed by atoms with van der Waals surface area (Å²) in [7, 11) is 0.